The number of aliphatic carboxylic acids is 1. The van der Waals surface area contributed by atoms with Crippen molar-refractivity contribution in [1.82, 2.24) is 0 Å². The second-order valence-corrected chi connectivity index (χ2v) is 5.55. The number of hydrogen-bond donors (Lipinski definition) is 1. The Morgan fingerprint density at radius 3 is 1.53 bits per heavy atom. The van der Waals surface area contributed by atoms with Gasteiger partial charge in [0.05, 0.1) is 0 Å². The fraction of sp³-hybridized carbons (Fsp3) is 0.824. The van der Waals surface area contributed by atoms with Gasteiger partial charge in [0, 0.05) is 5.57 Å². The van der Waals surface area contributed by atoms with Gasteiger partial charge in [0.2, 0.25) is 0 Å². The third-order valence-corrected chi connectivity index (χ3v) is 3.63. The van der Waals surface area contributed by atoms with Gasteiger partial charge in [-0.05, 0) is 12.8 Å². The third-order valence-electron chi connectivity index (χ3n) is 3.63. The minimum atomic E-state index is -0.844. The highest BCUT2D eigenvalue weighted by Gasteiger charge is 2.02. The summed E-state index contributed by atoms with van der Waals surface area (Å²) in [6.07, 6.45) is 16.3. The summed E-state index contributed by atoms with van der Waals surface area (Å²) in [6, 6.07) is 0. The largest absolute Gasteiger partial charge is 0.478 e. The van der Waals surface area contributed by atoms with Gasteiger partial charge in [-0.2, -0.15) is 0 Å². The SMILES string of the molecule is C=C(CCCCCCCCCCCCCC)C(=O)O. The molecule has 0 saturated heterocycles. The van der Waals surface area contributed by atoms with Gasteiger partial charge in [-0.15, -0.1) is 0 Å². The average molecular weight is 268 g/mol. The Morgan fingerprint density at radius 1 is 0.789 bits per heavy atom. The van der Waals surface area contributed by atoms with Crippen LogP contribution in [0.4, 0.5) is 0 Å². The van der Waals surface area contributed by atoms with E-state index >= 15 is 0 Å². The monoisotopic (exact) mass is 268 g/mol. The molecule has 0 saturated carbocycles. The summed E-state index contributed by atoms with van der Waals surface area (Å²) in [5, 5.41) is 8.66. The zero-order valence-electron chi connectivity index (χ0n) is 12.8. The first kappa shape index (κ1) is 18.2. The Hall–Kier alpha value is -0.790. The lowest BCUT2D eigenvalue weighted by Gasteiger charge is -2.03. The Kier molecular flexibility index (Phi) is 13.1. The maximum atomic E-state index is 10.5. The highest BCUT2D eigenvalue weighted by Crippen LogP contribution is 2.13. The van der Waals surface area contributed by atoms with Gasteiger partial charge >= 0.3 is 5.97 Å². The fourth-order valence-corrected chi connectivity index (χ4v) is 2.29. The number of unbranched alkanes of at least 4 members (excludes halogenated alkanes) is 11. The van der Waals surface area contributed by atoms with Crippen LogP contribution in [-0.4, -0.2) is 11.1 Å². The van der Waals surface area contributed by atoms with E-state index in [1.807, 2.05) is 0 Å². The van der Waals surface area contributed by atoms with Crippen molar-refractivity contribution in [3.63, 3.8) is 0 Å². The van der Waals surface area contributed by atoms with E-state index < -0.39 is 5.97 Å². The second kappa shape index (κ2) is 13.6. The third kappa shape index (κ3) is 13.4. The van der Waals surface area contributed by atoms with Crippen molar-refractivity contribution in [3.8, 4) is 0 Å². The van der Waals surface area contributed by atoms with Crippen LogP contribution in [0.25, 0.3) is 0 Å². The molecule has 0 aliphatic heterocycles. The minimum absolute atomic E-state index is 0.354. The molecule has 0 spiro atoms. The second-order valence-electron chi connectivity index (χ2n) is 5.55. The molecule has 0 heterocycles. The van der Waals surface area contributed by atoms with E-state index in [4.69, 9.17) is 5.11 Å². The van der Waals surface area contributed by atoms with Gasteiger partial charge in [-0.25, -0.2) is 4.79 Å². The molecule has 0 atom stereocenters. The molecule has 0 radical (unpaired) electrons. The van der Waals surface area contributed by atoms with Crippen LogP contribution in [0.5, 0.6) is 0 Å². The van der Waals surface area contributed by atoms with Crippen LogP contribution < -0.4 is 0 Å². The lowest BCUT2D eigenvalue weighted by atomic mass is 10.0. The highest BCUT2D eigenvalue weighted by molar-refractivity contribution is 5.85. The lowest BCUT2D eigenvalue weighted by Crippen LogP contribution is -1.98. The number of carboxylic acid groups (broad SMARTS) is 1. The number of rotatable bonds is 14. The first-order valence-corrected chi connectivity index (χ1v) is 8.09. The molecule has 112 valence electrons. The summed E-state index contributed by atoms with van der Waals surface area (Å²) in [6.45, 7) is 5.80. The molecule has 0 fully saturated rings. The number of carbonyl (C=O) groups is 1. The molecule has 19 heavy (non-hydrogen) atoms. The van der Waals surface area contributed by atoms with E-state index in [9.17, 15) is 4.79 Å². The Morgan fingerprint density at radius 2 is 1.16 bits per heavy atom. The van der Waals surface area contributed by atoms with Gasteiger partial charge in [0.1, 0.15) is 0 Å². The van der Waals surface area contributed by atoms with Crippen molar-refractivity contribution in [3.05, 3.63) is 12.2 Å². The summed E-state index contributed by atoms with van der Waals surface area (Å²) < 4.78 is 0. The van der Waals surface area contributed by atoms with Crippen LogP contribution in [0.1, 0.15) is 90.4 Å². The van der Waals surface area contributed by atoms with E-state index in [0.29, 0.717) is 12.0 Å². The molecule has 2 nitrogen and oxygen atoms in total. The minimum Gasteiger partial charge on any atom is -0.478 e. The molecule has 1 N–H and O–H groups in total. The highest BCUT2D eigenvalue weighted by atomic mass is 16.4. The molecule has 2 heteroatoms. The van der Waals surface area contributed by atoms with Gasteiger partial charge in [0.15, 0.2) is 0 Å². The molecule has 0 amide bonds. The zero-order chi connectivity index (χ0) is 14.3. The van der Waals surface area contributed by atoms with Crippen molar-refractivity contribution in [2.24, 2.45) is 0 Å². The fourth-order valence-electron chi connectivity index (χ4n) is 2.29. The van der Waals surface area contributed by atoms with Crippen molar-refractivity contribution in [1.29, 1.82) is 0 Å². The molecule has 0 aromatic rings. The Bertz CT molecular complexity index is 233. The predicted octanol–water partition coefficient (Wildman–Crippen LogP) is 5.72. The topological polar surface area (TPSA) is 37.3 Å². The maximum absolute atomic E-state index is 10.5. The van der Waals surface area contributed by atoms with E-state index in [2.05, 4.69) is 13.5 Å². The number of hydrogen-bond acceptors (Lipinski definition) is 1. The van der Waals surface area contributed by atoms with Crippen LogP contribution in [0, 0.1) is 0 Å². The van der Waals surface area contributed by atoms with Crippen molar-refractivity contribution in [2.45, 2.75) is 90.4 Å². The van der Waals surface area contributed by atoms with Crippen LogP contribution in [0.15, 0.2) is 12.2 Å². The summed E-state index contributed by atoms with van der Waals surface area (Å²) >= 11 is 0. The normalized spacial score (nSPS) is 10.6. The molecule has 0 bridgehead atoms. The van der Waals surface area contributed by atoms with Crippen LogP contribution in [0.2, 0.25) is 0 Å². The van der Waals surface area contributed by atoms with Gasteiger partial charge in [-0.3, -0.25) is 0 Å². The van der Waals surface area contributed by atoms with Gasteiger partial charge in [0.25, 0.3) is 0 Å². The standard InChI is InChI=1S/C17H32O2/c1-3-4-5-6-7-8-9-10-11-12-13-14-15-16(2)17(18)19/h2-15H2,1H3,(H,18,19). The van der Waals surface area contributed by atoms with Gasteiger partial charge in [-0.1, -0.05) is 84.1 Å². The molecule has 0 aliphatic rings. The predicted molar refractivity (Wildman–Crippen MR) is 82.5 cm³/mol. The van der Waals surface area contributed by atoms with E-state index in [-0.39, 0.29) is 0 Å². The molecule has 0 aromatic carbocycles. The Balaban J connectivity index is 3.07. The quantitative estimate of drug-likeness (QED) is 0.323. The first-order chi connectivity index (χ1) is 9.18. The van der Waals surface area contributed by atoms with Crippen LogP contribution in [-0.2, 0) is 4.79 Å². The summed E-state index contributed by atoms with van der Waals surface area (Å²) in [7, 11) is 0. The molecule has 0 rings (SSSR count). The number of carboxylic acids is 1. The zero-order valence-corrected chi connectivity index (χ0v) is 12.8. The molecule has 0 unspecified atom stereocenters. The molecule has 0 aromatic heterocycles. The summed E-state index contributed by atoms with van der Waals surface area (Å²) in [5.74, 6) is -0.844. The van der Waals surface area contributed by atoms with Crippen LogP contribution >= 0.6 is 0 Å². The van der Waals surface area contributed by atoms with E-state index in [1.165, 1.54) is 64.2 Å². The van der Waals surface area contributed by atoms with Gasteiger partial charge < -0.3 is 5.11 Å². The smallest absolute Gasteiger partial charge is 0.330 e. The van der Waals surface area contributed by atoms with Crippen molar-refractivity contribution in [2.75, 3.05) is 0 Å². The Labute approximate surface area is 119 Å². The molecular weight excluding hydrogens is 236 g/mol. The average Bonchev–Trinajstić information content (AvgIpc) is 2.39. The van der Waals surface area contributed by atoms with E-state index in [1.54, 1.807) is 0 Å². The first-order valence-electron chi connectivity index (χ1n) is 8.09. The van der Waals surface area contributed by atoms with Crippen molar-refractivity contribution < 1.29 is 9.90 Å². The summed E-state index contributed by atoms with van der Waals surface area (Å²) in [5.41, 5.74) is 0.354. The molecule has 0 aliphatic carbocycles. The van der Waals surface area contributed by atoms with E-state index in [0.717, 1.165) is 12.8 Å². The summed E-state index contributed by atoms with van der Waals surface area (Å²) in [4.78, 5) is 10.5. The lowest BCUT2D eigenvalue weighted by molar-refractivity contribution is -0.132. The van der Waals surface area contributed by atoms with Crippen molar-refractivity contribution >= 4 is 5.97 Å². The molecular formula is C17H32O2. The maximum Gasteiger partial charge on any atom is 0.330 e. The van der Waals surface area contributed by atoms with Crippen LogP contribution in [0.3, 0.4) is 0 Å².